The van der Waals surface area contributed by atoms with Crippen molar-refractivity contribution in [1.82, 2.24) is 0 Å². The van der Waals surface area contributed by atoms with Crippen molar-refractivity contribution in [3.63, 3.8) is 0 Å². The SMILES string of the molecule is NC(Cc1ccc(F)c(O)c1)C(=O)O. The second-order valence-electron chi connectivity index (χ2n) is 2.93. The largest absolute Gasteiger partial charge is 0.505 e. The maximum Gasteiger partial charge on any atom is 0.320 e. The van der Waals surface area contributed by atoms with Crippen molar-refractivity contribution in [2.45, 2.75) is 12.5 Å². The molecule has 0 aliphatic rings. The molecule has 5 heteroatoms. The minimum Gasteiger partial charge on any atom is -0.505 e. The van der Waals surface area contributed by atoms with Crippen LogP contribution in [0.5, 0.6) is 5.75 Å². The fourth-order valence-electron chi connectivity index (χ4n) is 1.03. The van der Waals surface area contributed by atoms with E-state index in [4.69, 9.17) is 15.9 Å². The number of aliphatic carboxylic acids is 1. The van der Waals surface area contributed by atoms with Gasteiger partial charge in [0.15, 0.2) is 11.6 Å². The zero-order chi connectivity index (χ0) is 10.7. The number of carboxylic acids is 1. The Balaban J connectivity index is 2.78. The Morgan fingerprint density at radius 2 is 2.21 bits per heavy atom. The number of benzene rings is 1. The highest BCUT2D eigenvalue weighted by molar-refractivity contribution is 5.73. The molecule has 0 spiro atoms. The van der Waals surface area contributed by atoms with E-state index in [9.17, 15) is 9.18 Å². The van der Waals surface area contributed by atoms with Gasteiger partial charge >= 0.3 is 5.97 Å². The first-order valence-corrected chi connectivity index (χ1v) is 3.96. The Labute approximate surface area is 79.8 Å². The van der Waals surface area contributed by atoms with Gasteiger partial charge in [0.2, 0.25) is 0 Å². The van der Waals surface area contributed by atoms with Crippen LogP contribution in [0.15, 0.2) is 18.2 Å². The number of hydrogen-bond acceptors (Lipinski definition) is 3. The summed E-state index contributed by atoms with van der Waals surface area (Å²) in [6.07, 6.45) is 0.0587. The van der Waals surface area contributed by atoms with Crippen LogP contribution < -0.4 is 5.73 Å². The number of phenols is 1. The van der Waals surface area contributed by atoms with Gasteiger partial charge in [0, 0.05) is 0 Å². The molecular weight excluding hydrogens is 189 g/mol. The van der Waals surface area contributed by atoms with Crippen molar-refractivity contribution >= 4 is 5.97 Å². The molecule has 76 valence electrons. The summed E-state index contributed by atoms with van der Waals surface area (Å²) in [4.78, 5) is 10.4. The van der Waals surface area contributed by atoms with E-state index in [2.05, 4.69) is 0 Å². The molecule has 1 atom stereocenters. The molecule has 0 fully saturated rings. The molecule has 0 saturated carbocycles. The van der Waals surface area contributed by atoms with Gasteiger partial charge in [0.1, 0.15) is 6.04 Å². The maximum absolute atomic E-state index is 12.6. The molecule has 1 rings (SSSR count). The zero-order valence-corrected chi connectivity index (χ0v) is 7.27. The first-order valence-electron chi connectivity index (χ1n) is 3.96. The molecule has 0 bridgehead atoms. The van der Waals surface area contributed by atoms with Crippen LogP contribution in [0.3, 0.4) is 0 Å². The van der Waals surface area contributed by atoms with Crippen LogP contribution in [-0.4, -0.2) is 22.2 Å². The van der Waals surface area contributed by atoms with E-state index in [1.807, 2.05) is 0 Å². The lowest BCUT2D eigenvalue weighted by atomic mass is 10.1. The smallest absolute Gasteiger partial charge is 0.320 e. The number of rotatable bonds is 3. The first kappa shape index (κ1) is 10.5. The van der Waals surface area contributed by atoms with Crippen molar-refractivity contribution in [2.24, 2.45) is 5.73 Å². The highest BCUT2D eigenvalue weighted by Crippen LogP contribution is 2.17. The van der Waals surface area contributed by atoms with Gasteiger partial charge in [0.25, 0.3) is 0 Å². The number of carbonyl (C=O) groups is 1. The van der Waals surface area contributed by atoms with Crippen LogP contribution in [-0.2, 0) is 11.2 Å². The Bertz CT molecular complexity index is 354. The minimum absolute atomic E-state index is 0.0587. The van der Waals surface area contributed by atoms with E-state index in [0.29, 0.717) is 5.56 Å². The highest BCUT2D eigenvalue weighted by atomic mass is 19.1. The predicted octanol–water partition coefficient (Wildman–Crippen LogP) is 0.486. The molecule has 0 aliphatic carbocycles. The van der Waals surface area contributed by atoms with Gasteiger partial charge in [-0.1, -0.05) is 6.07 Å². The summed E-state index contributed by atoms with van der Waals surface area (Å²) in [5.41, 5.74) is 5.75. The average Bonchev–Trinajstić information content (AvgIpc) is 2.11. The molecule has 1 aromatic rings. The molecular formula is C9H10FNO3. The van der Waals surface area contributed by atoms with Crippen LogP contribution in [0.1, 0.15) is 5.56 Å². The van der Waals surface area contributed by atoms with E-state index >= 15 is 0 Å². The number of carboxylic acid groups (broad SMARTS) is 1. The van der Waals surface area contributed by atoms with Crippen molar-refractivity contribution < 1.29 is 19.4 Å². The summed E-state index contributed by atoms with van der Waals surface area (Å²) in [6, 6.07) is 2.58. The third kappa shape index (κ3) is 2.43. The molecule has 0 amide bonds. The predicted molar refractivity (Wildman–Crippen MR) is 47.4 cm³/mol. The number of hydrogen-bond donors (Lipinski definition) is 3. The van der Waals surface area contributed by atoms with E-state index in [1.165, 1.54) is 6.07 Å². The van der Waals surface area contributed by atoms with Crippen molar-refractivity contribution in [3.8, 4) is 5.75 Å². The Morgan fingerprint density at radius 3 is 2.71 bits per heavy atom. The van der Waals surface area contributed by atoms with Crippen molar-refractivity contribution in [2.75, 3.05) is 0 Å². The van der Waals surface area contributed by atoms with Crippen LogP contribution in [0.25, 0.3) is 0 Å². The van der Waals surface area contributed by atoms with Crippen molar-refractivity contribution in [1.29, 1.82) is 0 Å². The Hall–Kier alpha value is -1.62. The third-order valence-corrected chi connectivity index (χ3v) is 1.78. The van der Waals surface area contributed by atoms with Crippen molar-refractivity contribution in [3.05, 3.63) is 29.6 Å². The maximum atomic E-state index is 12.6. The van der Waals surface area contributed by atoms with Gasteiger partial charge in [-0.15, -0.1) is 0 Å². The molecule has 0 heterocycles. The van der Waals surface area contributed by atoms with Gasteiger partial charge in [-0.3, -0.25) is 4.79 Å². The quantitative estimate of drug-likeness (QED) is 0.661. The van der Waals surface area contributed by atoms with E-state index in [0.717, 1.165) is 12.1 Å². The minimum atomic E-state index is -1.13. The van der Waals surface area contributed by atoms with Crippen LogP contribution in [0.4, 0.5) is 4.39 Å². The van der Waals surface area contributed by atoms with Crippen LogP contribution in [0.2, 0.25) is 0 Å². The van der Waals surface area contributed by atoms with Gasteiger partial charge in [-0.2, -0.15) is 0 Å². The van der Waals surface area contributed by atoms with Crippen LogP contribution in [0, 0.1) is 5.82 Å². The summed E-state index contributed by atoms with van der Waals surface area (Å²) >= 11 is 0. The molecule has 1 unspecified atom stereocenters. The second-order valence-corrected chi connectivity index (χ2v) is 2.93. The molecule has 0 radical (unpaired) electrons. The van der Waals surface area contributed by atoms with E-state index in [1.54, 1.807) is 0 Å². The summed E-state index contributed by atoms with van der Waals surface area (Å²) < 4.78 is 12.6. The zero-order valence-electron chi connectivity index (χ0n) is 7.27. The second kappa shape index (κ2) is 4.06. The van der Waals surface area contributed by atoms with Crippen LogP contribution >= 0.6 is 0 Å². The normalized spacial score (nSPS) is 12.4. The number of nitrogens with two attached hydrogens (primary N) is 1. The Kier molecular flexibility index (Phi) is 3.03. The van der Waals surface area contributed by atoms with E-state index in [-0.39, 0.29) is 6.42 Å². The number of phenolic OH excluding ortho intramolecular Hbond substituents is 1. The summed E-state index contributed by atoms with van der Waals surface area (Å²) in [5.74, 6) is -2.37. The monoisotopic (exact) mass is 199 g/mol. The molecule has 0 aromatic heterocycles. The Morgan fingerprint density at radius 1 is 1.57 bits per heavy atom. The third-order valence-electron chi connectivity index (χ3n) is 1.78. The number of halogens is 1. The summed E-state index contributed by atoms with van der Waals surface area (Å²) in [7, 11) is 0. The topological polar surface area (TPSA) is 83.5 Å². The molecule has 0 saturated heterocycles. The molecule has 0 aliphatic heterocycles. The number of aromatic hydroxyl groups is 1. The fourth-order valence-corrected chi connectivity index (χ4v) is 1.03. The lowest BCUT2D eigenvalue weighted by molar-refractivity contribution is -0.138. The van der Waals surface area contributed by atoms with Gasteiger partial charge in [0.05, 0.1) is 0 Å². The van der Waals surface area contributed by atoms with Gasteiger partial charge in [-0.05, 0) is 24.1 Å². The highest BCUT2D eigenvalue weighted by Gasteiger charge is 2.12. The van der Waals surface area contributed by atoms with Gasteiger partial charge in [-0.25, -0.2) is 4.39 Å². The van der Waals surface area contributed by atoms with Gasteiger partial charge < -0.3 is 15.9 Å². The standard InChI is InChI=1S/C9H10FNO3/c10-6-2-1-5(4-8(6)12)3-7(11)9(13)14/h1-2,4,7,12H,3,11H2,(H,13,14). The van der Waals surface area contributed by atoms with E-state index < -0.39 is 23.6 Å². The first-order chi connectivity index (χ1) is 6.50. The molecule has 4 nitrogen and oxygen atoms in total. The lowest BCUT2D eigenvalue weighted by Gasteiger charge is -2.06. The fraction of sp³-hybridized carbons (Fsp3) is 0.222. The lowest BCUT2D eigenvalue weighted by Crippen LogP contribution is -2.32. The molecule has 1 aromatic carbocycles. The molecule has 14 heavy (non-hydrogen) atoms. The average molecular weight is 199 g/mol. The molecule has 4 N–H and O–H groups in total. The summed E-state index contributed by atoms with van der Waals surface area (Å²) in [6.45, 7) is 0. The summed E-state index contributed by atoms with van der Waals surface area (Å²) in [5, 5.41) is 17.5.